The molecule has 0 aromatic heterocycles. The summed E-state index contributed by atoms with van der Waals surface area (Å²) in [7, 11) is -0.811. The normalized spacial score (nSPS) is 14.6. The van der Waals surface area contributed by atoms with E-state index in [-0.39, 0.29) is 24.3 Å². The minimum atomic E-state index is -0.811. The molecule has 0 bridgehead atoms. The van der Waals surface area contributed by atoms with E-state index in [0.29, 0.717) is 3.53 Å². The molecule has 0 heterocycles. The fourth-order valence-corrected chi connectivity index (χ4v) is 4.74. The zero-order valence-corrected chi connectivity index (χ0v) is 13.3. The van der Waals surface area contributed by atoms with Crippen molar-refractivity contribution in [1.29, 1.82) is 0 Å². The average Bonchev–Trinajstić information content (AvgIpc) is 2.42. The summed E-state index contributed by atoms with van der Waals surface area (Å²) >= 11 is 9.47. The lowest BCUT2D eigenvalue weighted by Gasteiger charge is -2.26. The van der Waals surface area contributed by atoms with Gasteiger partial charge < -0.3 is 10.4 Å². The third kappa shape index (κ3) is 5.52. The number of nitrogens with one attached hydrogen (secondary N) is 1. The Morgan fingerprint density at radius 3 is 2.63 bits per heavy atom. The molecule has 2 unspecified atom stereocenters. The minimum absolute atomic E-state index is 0.0552. The van der Waals surface area contributed by atoms with Crippen molar-refractivity contribution in [2.45, 2.75) is 17.9 Å². The highest BCUT2D eigenvalue weighted by Crippen LogP contribution is 2.39. The standard InChI is InChI=1S/C13H19NO2S3/c1-10(12(16)14-7-8-15)19(13(17)18)9-11-5-3-2-4-6-11/h2-6,10,15,19H,7-9H2,1H3,(H,14,16)(H,17,18). The molecule has 1 aromatic rings. The van der Waals surface area contributed by atoms with Gasteiger partial charge in [0.1, 0.15) is 0 Å². The first-order valence-electron chi connectivity index (χ1n) is 5.98. The van der Waals surface area contributed by atoms with E-state index in [1.807, 2.05) is 37.3 Å². The number of amides is 1. The van der Waals surface area contributed by atoms with Gasteiger partial charge in [0.25, 0.3) is 0 Å². The van der Waals surface area contributed by atoms with Crippen molar-refractivity contribution in [3.8, 4) is 0 Å². The Labute approximate surface area is 127 Å². The van der Waals surface area contributed by atoms with Crippen molar-refractivity contribution in [2.24, 2.45) is 0 Å². The van der Waals surface area contributed by atoms with Crippen LogP contribution < -0.4 is 5.32 Å². The van der Waals surface area contributed by atoms with Crippen molar-refractivity contribution < 1.29 is 9.90 Å². The maximum absolute atomic E-state index is 11.9. The van der Waals surface area contributed by atoms with E-state index in [9.17, 15) is 4.79 Å². The van der Waals surface area contributed by atoms with Gasteiger partial charge in [-0.05, 0) is 12.5 Å². The van der Waals surface area contributed by atoms with Crippen molar-refractivity contribution in [1.82, 2.24) is 5.32 Å². The fraction of sp³-hybridized carbons (Fsp3) is 0.385. The highest BCUT2D eigenvalue weighted by molar-refractivity contribution is 8.50. The summed E-state index contributed by atoms with van der Waals surface area (Å²) < 4.78 is 0.602. The van der Waals surface area contributed by atoms with Gasteiger partial charge in [-0.1, -0.05) is 42.5 Å². The van der Waals surface area contributed by atoms with Gasteiger partial charge in [0.15, 0.2) is 0 Å². The molecular formula is C13H19NO2S3. The number of carbonyl (C=O) groups is 1. The quantitative estimate of drug-likeness (QED) is 0.479. The molecule has 106 valence electrons. The number of benzene rings is 1. The van der Waals surface area contributed by atoms with Crippen molar-refractivity contribution in [3.63, 3.8) is 0 Å². The molecule has 1 amide bonds. The maximum Gasteiger partial charge on any atom is 0.231 e. The molecule has 2 N–H and O–H groups in total. The van der Waals surface area contributed by atoms with E-state index in [2.05, 4.69) is 17.9 Å². The molecule has 19 heavy (non-hydrogen) atoms. The molecular weight excluding hydrogens is 298 g/mol. The topological polar surface area (TPSA) is 49.3 Å². The Kier molecular flexibility index (Phi) is 7.45. The summed E-state index contributed by atoms with van der Waals surface area (Å²) in [5.41, 5.74) is 1.16. The molecule has 1 rings (SSSR count). The number of hydrogen-bond acceptors (Lipinski definition) is 3. The lowest BCUT2D eigenvalue weighted by molar-refractivity contribution is -0.120. The van der Waals surface area contributed by atoms with Gasteiger partial charge >= 0.3 is 0 Å². The van der Waals surface area contributed by atoms with E-state index in [1.165, 1.54) is 0 Å². The van der Waals surface area contributed by atoms with E-state index >= 15 is 0 Å². The summed E-state index contributed by atoms with van der Waals surface area (Å²) in [5, 5.41) is 11.2. The van der Waals surface area contributed by atoms with Gasteiger partial charge in [0, 0.05) is 12.3 Å². The van der Waals surface area contributed by atoms with E-state index < -0.39 is 10.9 Å². The number of aliphatic hydroxyl groups excluding tert-OH is 1. The molecule has 1 aromatic carbocycles. The van der Waals surface area contributed by atoms with Crippen LogP contribution in [0, 0.1) is 0 Å². The number of rotatable bonds is 6. The van der Waals surface area contributed by atoms with Crippen molar-refractivity contribution >= 4 is 45.2 Å². The largest absolute Gasteiger partial charge is 0.395 e. The summed E-state index contributed by atoms with van der Waals surface area (Å²) in [6.45, 7) is 2.08. The Hall–Kier alpha value is -0.560. The van der Waals surface area contributed by atoms with Gasteiger partial charge in [0.05, 0.1) is 15.4 Å². The predicted molar refractivity (Wildman–Crippen MR) is 90.3 cm³/mol. The Morgan fingerprint density at radius 1 is 1.47 bits per heavy atom. The smallest absolute Gasteiger partial charge is 0.231 e. The van der Waals surface area contributed by atoms with Crippen LogP contribution in [-0.4, -0.2) is 32.9 Å². The van der Waals surface area contributed by atoms with Crippen LogP contribution in [0.2, 0.25) is 0 Å². The van der Waals surface area contributed by atoms with Crippen LogP contribution in [0.4, 0.5) is 0 Å². The van der Waals surface area contributed by atoms with Gasteiger partial charge in [-0.2, -0.15) is 10.9 Å². The monoisotopic (exact) mass is 317 g/mol. The molecule has 0 spiro atoms. The third-order valence-corrected chi connectivity index (χ3v) is 6.54. The number of thiol groups is 2. The third-order valence-electron chi connectivity index (χ3n) is 2.70. The zero-order valence-electron chi connectivity index (χ0n) is 10.7. The zero-order chi connectivity index (χ0) is 14.3. The Morgan fingerprint density at radius 2 is 2.11 bits per heavy atom. The lowest BCUT2D eigenvalue weighted by atomic mass is 10.2. The molecule has 3 nitrogen and oxygen atoms in total. The molecule has 0 aliphatic carbocycles. The Balaban J connectivity index is 2.72. The minimum Gasteiger partial charge on any atom is -0.395 e. The van der Waals surface area contributed by atoms with E-state index in [1.54, 1.807) is 0 Å². The van der Waals surface area contributed by atoms with Crippen LogP contribution in [0.3, 0.4) is 0 Å². The lowest BCUT2D eigenvalue weighted by Crippen LogP contribution is -2.35. The van der Waals surface area contributed by atoms with Crippen LogP contribution >= 0.6 is 35.7 Å². The number of hydrogen-bond donors (Lipinski definition) is 4. The molecule has 0 saturated carbocycles. The van der Waals surface area contributed by atoms with Crippen molar-refractivity contribution in [3.05, 3.63) is 35.9 Å². The van der Waals surface area contributed by atoms with Gasteiger partial charge in [-0.25, -0.2) is 0 Å². The van der Waals surface area contributed by atoms with E-state index in [0.717, 1.165) is 11.3 Å². The Bertz CT molecular complexity index is 425. The first kappa shape index (κ1) is 16.5. The summed E-state index contributed by atoms with van der Waals surface area (Å²) in [6, 6.07) is 9.96. The number of carbonyl (C=O) groups excluding carboxylic acids is 1. The van der Waals surface area contributed by atoms with E-state index in [4.69, 9.17) is 17.3 Å². The molecule has 0 fully saturated rings. The van der Waals surface area contributed by atoms with Crippen LogP contribution in [0.5, 0.6) is 0 Å². The summed E-state index contributed by atoms with van der Waals surface area (Å²) in [6.07, 6.45) is 0. The molecule has 6 heteroatoms. The van der Waals surface area contributed by atoms with Gasteiger partial charge in [0.2, 0.25) is 5.91 Å². The van der Waals surface area contributed by atoms with Crippen molar-refractivity contribution in [2.75, 3.05) is 13.2 Å². The summed E-state index contributed by atoms with van der Waals surface area (Å²) in [5.74, 6) is 0.680. The number of thiocarbonyl (C=S) groups is 1. The van der Waals surface area contributed by atoms with Crippen LogP contribution in [0.25, 0.3) is 0 Å². The SMILES string of the molecule is CC(C(=O)NCCO)[SH](Cc1ccccc1)C(=S)S. The fourth-order valence-electron chi connectivity index (χ4n) is 1.62. The second-order valence-electron chi connectivity index (χ2n) is 4.09. The predicted octanol–water partition coefficient (Wildman–Crippen LogP) is 1.90. The first-order chi connectivity index (χ1) is 9.06. The molecule has 2 atom stereocenters. The van der Waals surface area contributed by atoms with Gasteiger partial charge in [-0.15, -0.1) is 12.6 Å². The first-order valence-corrected chi connectivity index (χ1v) is 8.43. The second-order valence-corrected chi connectivity index (χ2v) is 8.38. The highest BCUT2D eigenvalue weighted by Gasteiger charge is 2.22. The molecule has 0 radical (unpaired) electrons. The van der Waals surface area contributed by atoms with Crippen LogP contribution in [-0.2, 0) is 10.5 Å². The maximum atomic E-state index is 11.9. The molecule has 0 saturated heterocycles. The summed E-state index contributed by atoms with van der Waals surface area (Å²) in [4.78, 5) is 11.9. The second kappa shape index (κ2) is 8.58. The number of aliphatic hydroxyl groups is 1. The highest BCUT2D eigenvalue weighted by atomic mass is 32.3. The van der Waals surface area contributed by atoms with Crippen LogP contribution in [0.15, 0.2) is 30.3 Å². The molecule has 0 aliphatic rings. The van der Waals surface area contributed by atoms with Crippen LogP contribution in [0.1, 0.15) is 12.5 Å². The molecule has 0 aliphatic heterocycles. The average molecular weight is 318 g/mol. The van der Waals surface area contributed by atoms with Gasteiger partial charge in [-0.3, -0.25) is 4.79 Å².